The molecule has 1 heterocycles. The fraction of sp³-hybridized carbons (Fsp3) is 0.267. The lowest BCUT2D eigenvalue weighted by molar-refractivity contribution is -0.117. The third-order valence-electron chi connectivity index (χ3n) is 3.13. The molecule has 0 aliphatic rings. The van der Waals surface area contributed by atoms with Gasteiger partial charge in [0.2, 0.25) is 5.91 Å². The van der Waals surface area contributed by atoms with Crippen LogP contribution in [0.4, 0.5) is 9.93 Å². The van der Waals surface area contributed by atoms with Gasteiger partial charge in [-0.1, -0.05) is 29.8 Å². The average Bonchev–Trinajstić information content (AvgIpc) is 2.99. The summed E-state index contributed by atoms with van der Waals surface area (Å²) < 4.78 is 0. The van der Waals surface area contributed by atoms with E-state index in [0.29, 0.717) is 22.3 Å². The number of primary amides is 1. The van der Waals surface area contributed by atoms with Gasteiger partial charge in [-0.05, 0) is 24.5 Å². The van der Waals surface area contributed by atoms with Crippen molar-refractivity contribution in [2.75, 3.05) is 17.3 Å². The Balaban J connectivity index is 2.08. The standard InChI is InChI=1S/C15H17ClN4O2S2/c1-23-7-6-11(18-14(17)22)13(21)20-15-19-12(8-24-15)9-4-2-3-5-10(9)16/h2-5,8,11H,6-7H2,1H3,(H3,17,18,22)(H,19,20,21). The van der Waals surface area contributed by atoms with Crippen molar-refractivity contribution in [3.8, 4) is 11.3 Å². The summed E-state index contributed by atoms with van der Waals surface area (Å²) in [6.07, 6.45) is 2.41. The number of amides is 3. The predicted molar refractivity (Wildman–Crippen MR) is 101 cm³/mol. The number of nitrogens with two attached hydrogens (primary N) is 1. The van der Waals surface area contributed by atoms with Crippen LogP contribution in [0, 0.1) is 0 Å². The van der Waals surface area contributed by atoms with Crippen molar-refractivity contribution in [3.63, 3.8) is 0 Å². The second-order valence-electron chi connectivity index (χ2n) is 4.85. The number of aromatic nitrogens is 1. The van der Waals surface area contributed by atoms with E-state index in [1.807, 2.05) is 29.8 Å². The summed E-state index contributed by atoms with van der Waals surface area (Å²) in [4.78, 5) is 27.7. The van der Waals surface area contributed by atoms with Crippen LogP contribution in [0.1, 0.15) is 6.42 Å². The largest absolute Gasteiger partial charge is 0.352 e. The average molecular weight is 385 g/mol. The number of hydrogen-bond donors (Lipinski definition) is 3. The molecular weight excluding hydrogens is 368 g/mol. The highest BCUT2D eigenvalue weighted by Gasteiger charge is 2.20. The van der Waals surface area contributed by atoms with Crippen LogP contribution in [0.25, 0.3) is 11.3 Å². The summed E-state index contributed by atoms with van der Waals surface area (Å²) in [5, 5.41) is 8.01. The van der Waals surface area contributed by atoms with Crippen molar-refractivity contribution in [1.82, 2.24) is 10.3 Å². The van der Waals surface area contributed by atoms with E-state index in [2.05, 4.69) is 15.6 Å². The van der Waals surface area contributed by atoms with Crippen LogP contribution in [0.3, 0.4) is 0 Å². The van der Waals surface area contributed by atoms with Gasteiger partial charge in [-0.3, -0.25) is 4.79 Å². The van der Waals surface area contributed by atoms with Gasteiger partial charge in [0.1, 0.15) is 6.04 Å². The Morgan fingerprint density at radius 3 is 2.83 bits per heavy atom. The number of benzene rings is 1. The first-order chi connectivity index (χ1) is 11.5. The Hall–Kier alpha value is -1.77. The molecule has 6 nitrogen and oxygen atoms in total. The first-order valence-corrected chi connectivity index (χ1v) is 9.72. The lowest BCUT2D eigenvalue weighted by Gasteiger charge is -2.15. The molecule has 1 unspecified atom stereocenters. The third-order valence-corrected chi connectivity index (χ3v) is 4.86. The second kappa shape index (κ2) is 8.91. The van der Waals surface area contributed by atoms with Gasteiger partial charge in [-0.15, -0.1) is 11.3 Å². The molecule has 0 radical (unpaired) electrons. The van der Waals surface area contributed by atoms with E-state index in [1.165, 1.54) is 11.3 Å². The molecular formula is C15H17ClN4O2S2. The smallest absolute Gasteiger partial charge is 0.312 e. The van der Waals surface area contributed by atoms with Crippen molar-refractivity contribution >= 4 is 51.8 Å². The van der Waals surface area contributed by atoms with Gasteiger partial charge in [0.25, 0.3) is 0 Å². The molecule has 0 bridgehead atoms. The molecule has 1 aromatic heterocycles. The number of carbonyl (C=O) groups is 2. The molecule has 2 aromatic rings. The predicted octanol–water partition coefficient (Wildman–Crippen LogP) is 3.19. The van der Waals surface area contributed by atoms with E-state index in [0.717, 1.165) is 11.3 Å². The number of rotatable bonds is 7. The quantitative estimate of drug-likeness (QED) is 0.682. The van der Waals surface area contributed by atoms with Gasteiger partial charge in [-0.2, -0.15) is 11.8 Å². The van der Waals surface area contributed by atoms with Gasteiger partial charge in [0.05, 0.1) is 5.69 Å². The Kier molecular flexibility index (Phi) is 6.89. The fourth-order valence-corrected chi connectivity index (χ4v) is 3.41. The molecule has 2 rings (SSSR count). The van der Waals surface area contributed by atoms with Crippen LogP contribution < -0.4 is 16.4 Å². The van der Waals surface area contributed by atoms with E-state index < -0.39 is 12.1 Å². The maximum Gasteiger partial charge on any atom is 0.312 e. The minimum atomic E-state index is -0.729. The van der Waals surface area contributed by atoms with Crippen LogP contribution in [-0.2, 0) is 4.79 Å². The lowest BCUT2D eigenvalue weighted by atomic mass is 10.2. The summed E-state index contributed by atoms with van der Waals surface area (Å²) in [5.41, 5.74) is 6.61. The summed E-state index contributed by atoms with van der Waals surface area (Å²) >= 11 is 9.03. The number of halogens is 1. The molecule has 24 heavy (non-hydrogen) atoms. The van der Waals surface area contributed by atoms with E-state index in [4.69, 9.17) is 17.3 Å². The zero-order chi connectivity index (χ0) is 17.5. The summed E-state index contributed by atoms with van der Waals surface area (Å²) in [5.74, 6) is 0.379. The minimum absolute atomic E-state index is 0.345. The van der Waals surface area contributed by atoms with Crippen LogP contribution in [0.15, 0.2) is 29.6 Å². The number of anilines is 1. The number of thiazole rings is 1. The minimum Gasteiger partial charge on any atom is -0.352 e. The number of urea groups is 1. The molecule has 1 aromatic carbocycles. The maximum absolute atomic E-state index is 12.3. The van der Waals surface area contributed by atoms with Crippen LogP contribution in [0.2, 0.25) is 5.02 Å². The van der Waals surface area contributed by atoms with Crippen molar-refractivity contribution < 1.29 is 9.59 Å². The first kappa shape index (κ1) is 18.6. The Labute approximate surface area is 153 Å². The van der Waals surface area contributed by atoms with Gasteiger partial charge in [-0.25, -0.2) is 9.78 Å². The van der Waals surface area contributed by atoms with Crippen molar-refractivity contribution in [2.45, 2.75) is 12.5 Å². The number of thioether (sulfide) groups is 1. The van der Waals surface area contributed by atoms with Crippen LogP contribution in [0.5, 0.6) is 0 Å². The van der Waals surface area contributed by atoms with Crippen molar-refractivity contribution in [3.05, 3.63) is 34.7 Å². The fourth-order valence-electron chi connectivity index (χ4n) is 1.99. The number of carbonyl (C=O) groups excluding carboxylic acids is 2. The van der Waals surface area contributed by atoms with Gasteiger partial charge < -0.3 is 16.4 Å². The van der Waals surface area contributed by atoms with E-state index in [9.17, 15) is 9.59 Å². The molecule has 4 N–H and O–H groups in total. The molecule has 0 saturated carbocycles. The highest BCUT2D eigenvalue weighted by Crippen LogP contribution is 2.30. The van der Waals surface area contributed by atoms with Gasteiger partial charge in [0.15, 0.2) is 5.13 Å². The van der Waals surface area contributed by atoms with E-state index in [1.54, 1.807) is 17.8 Å². The topological polar surface area (TPSA) is 97.1 Å². The molecule has 1 atom stereocenters. The zero-order valence-corrected chi connectivity index (χ0v) is 15.3. The molecule has 0 saturated heterocycles. The number of hydrogen-bond acceptors (Lipinski definition) is 5. The molecule has 0 fully saturated rings. The van der Waals surface area contributed by atoms with Gasteiger partial charge in [0, 0.05) is 16.0 Å². The molecule has 0 aliphatic heterocycles. The van der Waals surface area contributed by atoms with E-state index >= 15 is 0 Å². The Morgan fingerprint density at radius 1 is 1.42 bits per heavy atom. The Morgan fingerprint density at radius 2 is 2.17 bits per heavy atom. The summed E-state index contributed by atoms with van der Waals surface area (Å²) in [7, 11) is 0. The normalized spacial score (nSPS) is 11.8. The number of nitrogens with one attached hydrogen (secondary N) is 2. The van der Waals surface area contributed by atoms with E-state index in [-0.39, 0.29) is 5.91 Å². The highest BCUT2D eigenvalue weighted by molar-refractivity contribution is 7.98. The van der Waals surface area contributed by atoms with Crippen LogP contribution >= 0.6 is 34.7 Å². The second-order valence-corrected chi connectivity index (χ2v) is 7.10. The summed E-state index contributed by atoms with van der Waals surface area (Å²) in [6.45, 7) is 0. The molecule has 0 spiro atoms. The Bertz CT molecular complexity index is 723. The summed E-state index contributed by atoms with van der Waals surface area (Å²) in [6, 6.07) is 5.93. The molecule has 9 heteroatoms. The number of nitrogens with zero attached hydrogens (tertiary/aromatic N) is 1. The van der Waals surface area contributed by atoms with Gasteiger partial charge >= 0.3 is 6.03 Å². The first-order valence-electron chi connectivity index (χ1n) is 7.07. The molecule has 0 aliphatic carbocycles. The lowest BCUT2D eigenvalue weighted by Crippen LogP contribution is -2.46. The molecule has 128 valence electrons. The third kappa shape index (κ3) is 5.12. The maximum atomic E-state index is 12.3. The van der Waals surface area contributed by atoms with Crippen LogP contribution in [-0.4, -0.2) is 35.0 Å². The zero-order valence-electron chi connectivity index (χ0n) is 12.9. The highest BCUT2D eigenvalue weighted by atomic mass is 35.5. The molecule has 3 amide bonds. The SMILES string of the molecule is CSCCC(NC(N)=O)C(=O)Nc1nc(-c2ccccc2Cl)cs1. The van der Waals surface area contributed by atoms with Crippen molar-refractivity contribution in [2.24, 2.45) is 5.73 Å². The monoisotopic (exact) mass is 384 g/mol. The van der Waals surface area contributed by atoms with Crippen molar-refractivity contribution in [1.29, 1.82) is 0 Å².